The molecule has 0 aliphatic heterocycles. The molecule has 0 saturated carbocycles. The van der Waals surface area contributed by atoms with Gasteiger partial charge in [-0.05, 0) is 36.1 Å². The molecule has 0 unspecified atom stereocenters. The fourth-order valence-corrected chi connectivity index (χ4v) is 2.27. The molecule has 23 heavy (non-hydrogen) atoms. The largest absolute Gasteiger partial charge is 0.486 e. The van der Waals surface area contributed by atoms with Crippen molar-refractivity contribution >= 4 is 0 Å². The third kappa shape index (κ3) is 4.53. The number of hydrogen-bond acceptors (Lipinski definition) is 2. The van der Waals surface area contributed by atoms with Crippen molar-refractivity contribution in [3.63, 3.8) is 0 Å². The first kappa shape index (κ1) is 17.0. The van der Waals surface area contributed by atoms with Gasteiger partial charge in [-0.2, -0.15) is 9.65 Å². The molecule has 0 aliphatic rings. The van der Waals surface area contributed by atoms with Crippen LogP contribution in [0, 0.1) is 23.0 Å². The number of nitriles is 1. The molecule has 0 spiro atoms. The molecule has 0 fully saturated rings. The first-order valence-electron chi connectivity index (χ1n) is 7.74. The fraction of sp³-hybridized carbons (Fsp3) is 0.316. The third-order valence-electron chi connectivity index (χ3n) is 3.65. The van der Waals surface area contributed by atoms with Crippen LogP contribution in [0.3, 0.4) is 0 Å². The van der Waals surface area contributed by atoms with Crippen molar-refractivity contribution in [1.82, 2.24) is 0 Å². The second-order valence-corrected chi connectivity index (χ2v) is 5.41. The normalized spacial score (nSPS) is 10.3. The van der Waals surface area contributed by atoms with Gasteiger partial charge in [0.15, 0.2) is 11.6 Å². The maximum atomic E-state index is 13.7. The zero-order chi connectivity index (χ0) is 16.7. The van der Waals surface area contributed by atoms with E-state index < -0.39 is 11.6 Å². The molecule has 0 atom stereocenters. The molecule has 0 N–H and O–H groups in total. The summed E-state index contributed by atoms with van der Waals surface area (Å²) in [4.78, 5) is 0. The monoisotopic (exact) mass is 315 g/mol. The summed E-state index contributed by atoms with van der Waals surface area (Å²) in [5, 5.41) is 8.65. The lowest BCUT2D eigenvalue weighted by Gasteiger charge is -2.09. The highest BCUT2D eigenvalue weighted by Gasteiger charge is 2.14. The Hall–Kier alpha value is -2.41. The standard InChI is InChI=1S/C19H19F2NO/c1-2-3-4-5-14-6-8-15(9-7-14)13-23-17-11-10-16(12-22)18(20)19(17)21/h6-11H,2-5,13H2,1H3. The average molecular weight is 315 g/mol. The van der Waals surface area contributed by atoms with Gasteiger partial charge in [0, 0.05) is 0 Å². The Morgan fingerprint density at radius 2 is 1.65 bits per heavy atom. The molecule has 0 heterocycles. The minimum atomic E-state index is -1.17. The molecule has 2 aromatic rings. The summed E-state index contributed by atoms with van der Waals surface area (Å²) in [5.74, 6) is -2.48. The highest BCUT2D eigenvalue weighted by Crippen LogP contribution is 2.23. The Kier molecular flexibility index (Phi) is 6.10. The van der Waals surface area contributed by atoms with Crippen molar-refractivity contribution in [3.05, 3.63) is 64.7 Å². The maximum absolute atomic E-state index is 13.7. The second-order valence-electron chi connectivity index (χ2n) is 5.41. The zero-order valence-electron chi connectivity index (χ0n) is 13.1. The Balaban J connectivity index is 1.96. The number of hydrogen-bond donors (Lipinski definition) is 0. The molecule has 2 aromatic carbocycles. The summed E-state index contributed by atoms with van der Waals surface area (Å²) in [6.07, 6.45) is 4.62. The van der Waals surface area contributed by atoms with E-state index in [0.717, 1.165) is 12.0 Å². The van der Waals surface area contributed by atoms with E-state index in [9.17, 15) is 8.78 Å². The van der Waals surface area contributed by atoms with Gasteiger partial charge in [-0.3, -0.25) is 0 Å². The molecule has 120 valence electrons. The summed E-state index contributed by atoms with van der Waals surface area (Å²) in [6.45, 7) is 2.32. The van der Waals surface area contributed by atoms with Gasteiger partial charge < -0.3 is 4.74 Å². The van der Waals surface area contributed by atoms with Gasteiger partial charge in [0.05, 0.1) is 5.56 Å². The Morgan fingerprint density at radius 1 is 0.957 bits per heavy atom. The molecule has 0 bridgehead atoms. The van der Waals surface area contributed by atoms with Crippen LogP contribution in [0.2, 0.25) is 0 Å². The average Bonchev–Trinajstić information content (AvgIpc) is 2.58. The van der Waals surface area contributed by atoms with E-state index in [1.54, 1.807) is 6.07 Å². The molecule has 0 saturated heterocycles. The van der Waals surface area contributed by atoms with Crippen molar-refractivity contribution < 1.29 is 13.5 Å². The van der Waals surface area contributed by atoms with Crippen LogP contribution in [0.1, 0.15) is 42.9 Å². The Labute approximate surface area is 135 Å². The summed E-state index contributed by atoms with van der Waals surface area (Å²) >= 11 is 0. The van der Waals surface area contributed by atoms with Crippen LogP contribution in [-0.2, 0) is 13.0 Å². The SMILES string of the molecule is CCCCCc1ccc(COc2ccc(C#N)c(F)c2F)cc1. The van der Waals surface area contributed by atoms with Crippen LogP contribution < -0.4 is 4.74 Å². The van der Waals surface area contributed by atoms with Gasteiger partial charge in [0.2, 0.25) is 5.82 Å². The van der Waals surface area contributed by atoms with Crippen molar-refractivity contribution in [2.24, 2.45) is 0 Å². The molecule has 0 aromatic heterocycles. The van der Waals surface area contributed by atoms with Crippen LogP contribution in [-0.4, -0.2) is 0 Å². The molecule has 2 rings (SSSR count). The summed E-state index contributed by atoms with van der Waals surface area (Å²) in [5.41, 5.74) is 1.82. The molecule has 0 amide bonds. The summed E-state index contributed by atoms with van der Waals surface area (Å²) in [6, 6.07) is 12.0. The zero-order valence-corrected chi connectivity index (χ0v) is 13.1. The number of nitrogens with zero attached hydrogens (tertiary/aromatic N) is 1. The van der Waals surface area contributed by atoms with E-state index in [1.165, 1.54) is 37.0 Å². The number of aryl methyl sites for hydroxylation is 1. The number of benzene rings is 2. The van der Waals surface area contributed by atoms with Crippen molar-refractivity contribution in [3.8, 4) is 11.8 Å². The number of halogens is 2. The Morgan fingerprint density at radius 3 is 2.30 bits per heavy atom. The number of ether oxygens (including phenoxy) is 1. The highest BCUT2D eigenvalue weighted by molar-refractivity contribution is 5.37. The third-order valence-corrected chi connectivity index (χ3v) is 3.65. The predicted molar refractivity (Wildman–Crippen MR) is 85.1 cm³/mol. The second kappa shape index (κ2) is 8.28. The topological polar surface area (TPSA) is 33.0 Å². The number of rotatable bonds is 7. The van der Waals surface area contributed by atoms with E-state index in [2.05, 4.69) is 6.92 Å². The van der Waals surface area contributed by atoms with E-state index in [-0.39, 0.29) is 17.9 Å². The first-order chi connectivity index (χ1) is 11.2. The van der Waals surface area contributed by atoms with Crippen LogP contribution in [0.25, 0.3) is 0 Å². The summed E-state index contributed by atoms with van der Waals surface area (Å²) < 4.78 is 32.6. The van der Waals surface area contributed by atoms with Gasteiger partial charge in [-0.1, -0.05) is 44.0 Å². The highest BCUT2D eigenvalue weighted by atomic mass is 19.2. The van der Waals surface area contributed by atoms with Crippen LogP contribution in [0.4, 0.5) is 8.78 Å². The predicted octanol–water partition coefficient (Wildman–Crippen LogP) is 5.15. The lowest BCUT2D eigenvalue weighted by Crippen LogP contribution is -2.00. The van der Waals surface area contributed by atoms with Gasteiger partial charge in [0.25, 0.3) is 0 Å². The van der Waals surface area contributed by atoms with Gasteiger partial charge in [-0.15, -0.1) is 0 Å². The number of unbranched alkanes of at least 4 members (excludes halogenated alkanes) is 2. The minimum Gasteiger partial charge on any atom is -0.486 e. The Bertz CT molecular complexity index is 690. The van der Waals surface area contributed by atoms with Gasteiger partial charge >= 0.3 is 0 Å². The maximum Gasteiger partial charge on any atom is 0.202 e. The van der Waals surface area contributed by atoms with Crippen molar-refractivity contribution in [2.45, 2.75) is 39.2 Å². The molecule has 4 heteroatoms. The lowest BCUT2D eigenvalue weighted by molar-refractivity contribution is 0.284. The van der Waals surface area contributed by atoms with Crippen molar-refractivity contribution in [2.75, 3.05) is 0 Å². The smallest absolute Gasteiger partial charge is 0.202 e. The molecular formula is C19H19F2NO. The van der Waals surface area contributed by atoms with E-state index in [0.29, 0.717) is 0 Å². The molecule has 0 aliphatic carbocycles. The quantitative estimate of drug-likeness (QED) is 0.662. The fourth-order valence-electron chi connectivity index (χ4n) is 2.27. The first-order valence-corrected chi connectivity index (χ1v) is 7.74. The van der Waals surface area contributed by atoms with E-state index >= 15 is 0 Å². The van der Waals surface area contributed by atoms with Crippen LogP contribution >= 0.6 is 0 Å². The lowest BCUT2D eigenvalue weighted by atomic mass is 10.1. The molecular weight excluding hydrogens is 296 g/mol. The van der Waals surface area contributed by atoms with Crippen LogP contribution in [0.5, 0.6) is 5.75 Å². The molecule has 0 radical (unpaired) electrons. The van der Waals surface area contributed by atoms with E-state index in [4.69, 9.17) is 10.00 Å². The molecule has 2 nitrogen and oxygen atoms in total. The summed E-state index contributed by atoms with van der Waals surface area (Å²) in [7, 11) is 0. The van der Waals surface area contributed by atoms with Crippen molar-refractivity contribution in [1.29, 1.82) is 5.26 Å². The van der Waals surface area contributed by atoms with Gasteiger partial charge in [-0.25, -0.2) is 4.39 Å². The van der Waals surface area contributed by atoms with Crippen LogP contribution in [0.15, 0.2) is 36.4 Å². The van der Waals surface area contributed by atoms with E-state index in [1.807, 2.05) is 24.3 Å². The minimum absolute atomic E-state index is 0.150. The van der Waals surface area contributed by atoms with Gasteiger partial charge in [0.1, 0.15) is 12.7 Å².